The number of carbonyl (C=O) groups is 2. The number of amides is 2. The predicted octanol–water partition coefficient (Wildman–Crippen LogP) is 1.98. The van der Waals surface area contributed by atoms with E-state index in [2.05, 4.69) is 17.4 Å². The van der Waals surface area contributed by atoms with E-state index in [1.165, 1.54) is 24.0 Å². The third-order valence-corrected chi connectivity index (χ3v) is 4.79. The van der Waals surface area contributed by atoms with E-state index in [1.807, 2.05) is 6.92 Å². The molecule has 22 heavy (non-hydrogen) atoms. The van der Waals surface area contributed by atoms with Crippen LogP contribution in [0.4, 0.5) is 11.4 Å². The zero-order chi connectivity index (χ0) is 15.9. The highest BCUT2D eigenvalue weighted by Gasteiger charge is 2.36. The lowest BCUT2D eigenvalue weighted by Gasteiger charge is -2.38. The molecule has 2 aliphatic rings. The first-order valence-electron chi connectivity index (χ1n) is 8.07. The second-order valence-electron chi connectivity index (χ2n) is 6.24. The molecule has 2 atom stereocenters. The van der Waals surface area contributed by atoms with Crippen molar-refractivity contribution in [2.45, 2.75) is 58.0 Å². The maximum Gasteiger partial charge on any atom is 0.250 e. The van der Waals surface area contributed by atoms with E-state index >= 15 is 0 Å². The van der Waals surface area contributed by atoms with E-state index in [9.17, 15) is 9.59 Å². The second-order valence-corrected chi connectivity index (χ2v) is 6.24. The third-order valence-electron chi connectivity index (χ3n) is 4.79. The average Bonchev–Trinajstić information content (AvgIpc) is 2.52. The standard InChI is InChI=1S/C17H23N3O2/c1-3-13-17(22)20(10(2)16(18)21)15-9-12-7-5-4-6-11(12)8-14(15)19-13/h8-10,13,19H,3-7H2,1-2H3,(H2,18,21). The normalized spacial score (nSPS) is 21.6. The van der Waals surface area contributed by atoms with Crippen LogP contribution in [0.3, 0.4) is 0 Å². The van der Waals surface area contributed by atoms with Crippen LogP contribution in [-0.2, 0) is 22.4 Å². The molecule has 0 radical (unpaired) electrons. The molecule has 1 aliphatic heterocycles. The molecular formula is C17H23N3O2. The molecule has 0 fully saturated rings. The van der Waals surface area contributed by atoms with E-state index in [0.717, 1.165) is 24.2 Å². The van der Waals surface area contributed by atoms with Crippen LogP contribution in [0.5, 0.6) is 0 Å². The van der Waals surface area contributed by atoms with E-state index in [4.69, 9.17) is 5.73 Å². The summed E-state index contributed by atoms with van der Waals surface area (Å²) in [5.41, 5.74) is 9.84. The lowest BCUT2D eigenvalue weighted by Crippen LogP contribution is -2.54. The van der Waals surface area contributed by atoms with Gasteiger partial charge in [0.1, 0.15) is 12.1 Å². The van der Waals surface area contributed by atoms with Crippen molar-refractivity contribution in [3.05, 3.63) is 23.3 Å². The monoisotopic (exact) mass is 301 g/mol. The third kappa shape index (κ3) is 2.34. The molecule has 1 aliphatic carbocycles. The molecule has 1 aromatic rings. The van der Waals surface area contributed by atoms with Crippen LogP contribution < -0.4 is 16.0 Å². The number of nitrogens with one attached hydrogen (secondary N) is 1. The zero-order valence-electron chi connectivity index (χ0n) is 13.2. The van der Waals surface area contributed by atoms with Gasteiger partial charge in [-0.15, -0.1) is 0 Å². The Morgan fingerprint density at radius 2 is 2.00 bits per heavy atom. The Morgan fingerprint density at radius 1 is 1.36 bits per heavy atom. The highest BCUT2D eigenvalue weighted by Crippen LogP contribution is 2.38. The van der Waals surface area contributed by atoms with E-state index in [-0.39, 0.29) is 11.9 Å². The number of aryl methyl sites for hydroxylation is 2. The van der Waals surface area contributed by atoms with Crippen molar-refractivity contribution in [1.82, 2.24) is 0 Å². The Bertz CT molecular complexity index is 627. The van der Waals surface area contributed by atoms with Gasteiger partial charge in [-0.2, -0.15) is 0 Å². The fraction of sp³-hybridized carbons (Fsp3) is 0.529. The molecular weight excluding hydrogens is 278 g/mol. The van der Waals surface area contributed by atoms with Crippen molar-refractivity contribution < 1.29 is 9.59 Å². The highest BCUT2D eigenvalue weighted by atomic mass is 16.2. The molecule has 0 spiro atoms. The fourth-order valence-corrected chi connectivity index (χ4v) is 3.43. The molecule has 5 heteroatoms. The first-order valence-corrected chi connectivity index (χ1v) is 8.07. The van der Waals surface area contributed by atoms with Crippen molar-refractivity contribution in [2.24, 2.45) is 5.73 Å². The molecule has 3 N–H and O–H groups in total. The topological polar surface area (TPSA) is 75.4 Å². The number of benzene rings is 1. The largest absolute Gasteiger partial charge is 0.372 e. The van der Waals surface area contributed by atoms with Gasteiger partial charge in [0.2, 0.25) is 11.8 Å². The maximum atomic E-state index is 12.7. The number of hydrogen-bond donors (Lipinski definition) is 2. The summed E-state index contributed by atoms with van der Waals surface area (Å²) < 4.78 is 0. The molecule has 118 valence electrons. The number of anilines is 2. The zero-order valence-corrected chi connectivity index (χ0v) is 13.2. The molecule has 2 amide bonds. The van der Waals surface area contributed by atoms with Crippen molar-refractivity contribution >= 4 is 23.2 Å². The summed E-state index contributed by atoms with van der Waals surface area (Å²) in [6.45, 7) is 3.66. The van der Waals surface area contributed by atoms with Crippen LogP contribution in [0.15, 0.2) is 12.1 Å². The van der Waals surface area contributed by atoms with Crippen molar-refractivity contribution in [3.8, 4) is 0 Å². The molecule has 1 aromatic carbocycles. The highest BCUT2D eigenvalue weighted by molar-refractivity contribution is 6.09. The average molecular weight is 301 g/mol. The van der Waals surface area contributed by atoms with Crippen LogP contribution in [0.2, 0.25) is 0 Å². The van der Waals surface area contributed by atoms with E-state index < -0.39 is 11.9 Å². The van der Waals surface area contributed by atoms with Crippen LogP contribution in [0, 0.1) is 0 Å². The van der Waals surface area contributed by atoms with Crippen molar-refractivity contribution in [1.29, 1.82) is 0 Å². The fourth-order valence-electron chi connectivity index (χ4n) is 3.43. The number of nitrogens with two attached hydrogens (primary N) is 1. The Kier molecular flexibility index (Phi) is 3.81. The summed E-state index contributed by atoms with van der Waals surface area (Å²) in [6, 6.07) is 3.29. The Hall–Kier alpha value is -2.04. The van der Waals surface area contributed by atoms with Gasteiger partial charge in [-0.1, -0.05) is 6.92 Å². The van der Waals surface area contributed by atoms with Crippen molar-refractivity contribution in [3.63, 3.8) is 0 Å². The van der Waals surface area contributed by atoms with E-state index in [0.29, 0.717) is 6.42 Å². The first kappa shape index (κ1) is 14.9. The van der Waals surface area contributed by atoms with Gasteiger partial charge in [0.15, 0.2) is 0 Å². The van der Waals surface area contributed by atoms with Crippen LogP contribution in [0.25, 0.3) is 0 Å². The number of fused-ring (bicyclic) bond motifs is 2. The van der Waals surface area contributed by atoms with Gasteiger partial charge < -0.3 is 11.1 Å². The molecule has 0 bridgehead atoms. The lowest BCUT2D eigenvalue weighted by atomic mass is 9.89. The Labute approximate surface area is 130 Å². The minimum atomic E-state index is -0.635. The van der Waals surface area contributed by atoms with Crippen molar-refractivity contribution in [2.75, 3.05) is 10.2 Å². The van der Waals surface area contributed by atoms with Gasteiger partial charge in [0, 0.05) is 0 Å². The van der Waals surface area contributed by atoms with Gasteiger partial charge in [-0.25, -0.2) is 0 Å². The van der Waals surface area contributed by atoms with Crippen LogP contribution in [0.1, 0.15) is 44.2 Å². The molecule has 1 heterocycles. The first-order chi connectivity index (χ1) is 10.5. The number of primary amides is 1. The SMILES string of the molecule is CCC1Nc2cc3c(cc2N(C(C)C(N)=O)C1=O)CCCC3. The number of hydrogen-bond acceptors (Lipinski definition) is 3. The molecule has 5 nitrogen and oxygen atoms in total. The number of rotatable bonds is 3. The molecule has 3 rings (SSSR count). The summed E-state index contributed by atoms with van der Waals surface area (Å²) in [5, 5.41) is 3.33. The Morgan fingerprint density at radius 3 is 2.59 bits per heavy atom. The Balaban J connectivity index is 2.10. The minimum absolute atomic E-state index is 0.0722. The molecule has 0 saturated heterocycles. The maximum absolute atomic E-state index is 12.7. The van der Waals surface area contributed by atoms with Gasteiger partial charge in [-0.3, -0.25) is 14.5 Å². The summed E-state index contributed by atoms with van der Waals surface area (Å²) >= 11 is 0. The second kappa shape index (κ2) is 5.63. The molecule has 0 aromatic heterocycles. The van der Waals surface area contributed by atoms with E-state index in [1.54, 1.807) is 11.8 Å². The minimum Gasteiger partial charge on any atom is -0.372 e. The summed E-state index contributed by atoms with van der Waals surface area (Å²) in [7, 11) is 0. The number of nitrogens with zero attached hydrogens (tertiary/aromatic N) is 1. The summed E-state index contributed by atoms with van der Waals surface area (Å²) in [5.74, 6) is -0.550. The van der Waals surface area contributed by atoms with Gasteiger partial charge >= 0.3 is 0 Å². The molecule has 0 saturated carbocycles. The predicted molar refractivity (Wildman–Crippen MR) is 86.9 cm³/mol. The quantitative estimate of drug-likeness (QED) is 0.896. The van der Waals surface area contributed by atoms with Crippen LogP contribution >= 0.6 is 0 Å². The number of carbonyl (C=O) groups excluding carboxylic acids is 2. The lowest BCUT2D eigenvalue weighted by molar-refractivity contribution is -0.124. The summed E-state index contributed by atoms with van der Waals surface area (Å²) in [6.07, 6.45) is 5.18. The van der Waals surface area contributed by atoms with Gasteiger partial charge in [-0.05, 0) is 62.3 Å². The summed E-state index contributed by atoms with van der Waals surface area (Å²) in [4.78, 5) is 25.9. The van der Waals surface area contributed by atoms with Gasteiger partial charge in [0.05, 0.1) is 11.4 Å². The van der Waals surface area contributed by atoms with Gasteiger partial charge in [0.25, 0.3) is 0 Å². The van der Waals surface area contributed by atoms with Crippen LogP contribution in [-0.4, -0.2) is 23.9 Å². The smallest absolute Gasteiger partial charge is 0.250 e. The molecule has 2 unspecified atom stereocenters.